The van der Waals surface area contributed by atoms with Gasteiger partial charge in [-0.15, -0.1) is 0 Å². The Kier molecular flexibility index (Phi) is 3.23. The Morgan fingerprint density at radius 3 is 3.00 bits per heavy atom. The predicted octanol–water partition coefficient (Wildman–Crippen LogP) is 1.16. The van der Waals surface area contributed by atoms with Crippen molar-refractivity contribution in [3.8, 4) is 0 Å². The molecule has 0 atom stereocenters. The summed E-state index contributed by atoms with van der Waals surface area (Å²) in [6, 6.07) is 2.75. The minimum absolute atomic E-state index is 0.611. The van der Waals surface area contributed by atoms with Gasteiger partial charge in [-0.1, -0.05) is 0 Å². The van der Waals surface area contributed by atoms with Crippen molar-refractivity contribution in [3.05, 3.63) is 22.4 Å². The quantitative estimate of drug-likeness (QED) is 0.351. The van der Waals surface area contributed by atoms with Crippen molar-refractivity contribution in [1.82, 2.24) is 10.3 Å². The normalized spacial score (nSPS) is 16.5. The van der Waals surface area contributed by atoms with Gasteiger partial charge in [0, 0.05) is 19.6 Å². The second-order valence-electron chi connectivity index (χ2n) is 3.68. The van der Waals surface area contributed by atoms with Crippen LogP contribution < -0.4 is 11.3 Å². The molecule has 1 aromatic rings. The molecule has 0 spiro atoms. The van der Waals surface area contributed by atoms with Crippen LogP contribution in [0.1, 0.15) is 18.4 Å². The highest BCUT2D eigenvalue weighted by atomic mass is 32.1. The fourth-order valence-corrected chi connectivity index (χ4v) is 2.28. The van der Waals surface area contributed by atoms with Gasteiger partial charge in [-0.2, -0.15) is 11.3 Å². The second-order valence-corrected chi connectivity index (χ2v) is 4.46. The van der Waals surface area contributed by atoms with Gasteiger partial charge in [0.15, 0.2) is 0 Å². The van der Waals surface area contributed by atoms with Crippen LogP contribution in [0.5, 0.6) is 0 Å². The molecule has 1 aromatic heterocycles. The van der Waals surface area contributed by atoms with E-state index in [0.717, 1.165) is 12.5 Å². The number of hydrogen-bond acceptors (Lipinski definition) is 3. The van der Waals surface area contributed by atoms with Crippen molar-refractivity contribution in [3.63, 3.8) is 0 Å². The molecule has 4 nitrogen and oxygen atoms in total. The number of guanidine groups is 1. The Labute approximate surface area is 93.8 Å². The molecule has 0 unspecified atom stereocenters. The van der Waals surface area contributed by atoms with Crippen LogP contribution in [-0.2, 0) is 6.54 Å². The van der Waals surface area contributed by atoms with Gasteiger partial charge >= 0.3 is 0 Å². The van der Waals surface area contributed by atoms with Crippen molar-refractivity contribution in [2.75, 3.05) is 7.05 Å². The maximum Gasteiger partial charge on any atom is 0.208 e. The monoisotopic (exact) mass is 224 g/mol. The topological polar surface area (TPSA) is 53.6 Å². The lowest BCUT2D eigenvalue weighted by Crippen LogP contribution is -2.45. The van der Waals surface area contributed by atoms with Crippen LogP contribution in [0.15, 0.2) is 21.8 Å². The molecule has 0 radical (unpaired) electrons. The van der Waals surface area contributed by atoms with Gasteiger partial charge in [-0.3, -0.25) is 10.4 Å². The first-order valence-electron chi connectivity index (χ1n) is 5.06. The molecule has 0 aliphatic heterocycles. The van der Waals surface area contributed by atoms with Gasteiger partial charge < -0.3 is 4.90 Å². The van der Waals surface area contributed by atoms with E-state index in [4.69, 9.17) is 5.84 Å². The molecular formula is C10H16N4S. The lowest BCUT2D eigenvalue weighted by Gasteiger charge is -2.24. The molecular weight excluding hydrogens is 208 g/mol. The first kappa shape index (κ1) is 10.4. The summed E-state index contributed by atoms with van der Waals surface area (Å²) < 4.78 is 0. The highest BCUT2D eigenvalue weighted by Crippen LogP contribution is 2.28. The number of nitrogens with one attached hydrogen (secondary N) is 1. The Morgan fingerprint density at radius 1 is 1.73 bits per heavy atom. The summed E-state index contributed by atoms with van der Waals surface area (Å²) in [5, 5.41) is 4.26. The second kappa shape index (κ2) is 4.63. The Bertz CT molecular complexity index is 329. The van der Waals surface area contributed by atoms with Gasteiger partial charge in [0.1, 0.15) is 0 Å². The summed E-state index contributed by atoms with van der Waals surface area (Å²) in [4.78, 5) is 6.40. The molecule has 1 fully saturated rings. The molecule has 1 aliphatic rings. The molecule has 1 saturated carbocycles. The van der Waals surface area contributed by atoms with Crippen molar-refractivity contribution < 1.29 is 0 Å². The average molecular weight is 224 g/mol. The fraction of sp³-hybridized carbons (Fsp3) is 0.500. The number of hydrazine groups is 1. The van der Waals surface area contributed by atoms with Gasteiger partial charge in [-0.25, -0.2) is 5.84 Å². The van der Waals surface area contributed by atoms with Crippen molar-refractivity contribution >= 4 is 17.3 Å². The van der Waals surface area contributed by atoms with Gasteiger partial charge in [0.25, 0.3) is 0 Å². The Morgan fingerprint density at radius 2 is 2.53 bits per heavy atom. The SMILES string of the molecule is CN=C(NN)N(Cc1ccsc1)C1CC1. The van der Waals surface area contributed by atoms with E-state index in [1.54, 1.807) is 18.4 Å². The van der Waals surface area contributed by atoms with E-state index in [2.05, 4.69) is 32.1 Å². The van der Waals surface area contributed by atoms with Crippen molar-refractivity contribution in [2.24, 2.45) is 10.8 Å². The smallest absolute Gasteiger partial charge is 0.208 e. The zero-order valence-corrected chi connectivity index (χ0v) is 9.63. The Balaban J connectivity index is 2.06. The highest BCUT2D eigenvalue weighted by molar-refractivity contribution is 7.07. The first-order valence-corrected chi connectivity index (χ1v) is 6.00. The van der Waals surface area contributed by atoms with Crippen LogP contribution in [0.25, 0.3) is 0 Å². The zero-order valence-electron chi connectivity index (χ0n) is 8.81. The Hall–Kier alpha value is -1.07. The largest absolute Gasteiger partial charge is 0.335 e. The number of nitrogens with zero attached hydrogens (tertiary/aromatic N) is 2. The third-order valence-electron chi connectivity index (χ3n) is 2.53. The molecule has 82 valence electrons. The summed E-state index contributed by atoms with van der Waals surface area (Å²) in [5.74, 6) is 6.24. The molecule has 15 heavy (non-hydrogen) atoms. The molecule has 0 saturated heterocycles. The maximum absolute atomic E-state index is 5.46. The molecule has 1 aliphatic carbocycles. The standard InChI is InChI=1S/C10H16N4S/c1-12-10(13-11)14(9-2-3-9)6-8-4-5-15-7-8/h4-5,7,9H,2-3,6,11H2,1H3,(H,12,13). The first-order chi connectivity index (χ1) is 7.35. The number of hydrogen-bond donors (Lipinski definition) is 2. The van der Waals surface area contributed by atoms with Crippen LogP contribution in [0, 0.1) is 0 Å². The van der Waals surface area contributed by atoms with E-state index in [-0.39, 0.29) is 0 Å². The average Bonchev–Trinajstić information content (AvgIpc) is 2.97. The predicted molar refractivity (Wildman–Crippen MR) is 63.6 cm³/mol. The van der Waals surface area contributed by atoms with Crippen LogP contribution in [0.3, 0.4) is 0 Å². The van der Waals surface area contributed by atoms with E-state index < -0.39 is 0 Å². The number of aliphatic imine (C=N–C) groups is 1. The fourth-order valence-electron chi connectivity index (χ4n) is 1.62. The third kappa shape index (κ3) is 2.49. The summed E-state index contributed by atoms with van der Waals surface area (Å²) in [6.45, 7) is 0.894. The van der Waals surface area contributed by atoms with Crippen LogP contribution in [0.2, 0.25) is 0 Å². The van der Waals surface area contributed by atoms with Crippen molar-refractivity contribution in [2.45, 2.75) is 25.4 Å². The minimum atomic E-state index is 0.611. The van der Waals surface area contributed by atoms with E-state index in [0.29, 0.717) is 6.04 Å². The molecule has 0 aromatic carbocycles. The lowest BCUT2D eigenvalue weighted by atomic mass is 10.3. The molecule has 0 bridgehead atoms. The maximum atomic E-state index is 5.46. The zero-order chi connectivity index (χ0) is 10.7. The van der Waals surface area contributed by atoms with Crippen molar-refractivity contribution in [1.29, 1.82) is 0 Å². The number of rotatable bonds is 3. The molecule has 5 heteroatoms. The van der Waals surface area contributed by atoms with Gasteiger partial charge in [0.05, 0.1) is 0 Å². The summed E-state index contributed by atoms with van der Waals surface area (Å²) in [7, 11) is 1.76. The minimum Gasteiger partial charge on any atom is -0.335 e. The van der Waals surface area contributed by atoms with Gasteiger partial charge in [0.2, 0.25) is 5.96 Å². The molecule has 3 N–H and O–H groups in total. The number of thiophene rings is 1. The van der Waals surface area contributed by atoms with E-state index in [9.17, 15) is 0 Å². The van der Waals surface area contributed by atoms with Gasteiger partial charge in [-0.05, 0) is 35.2 Å². The van der Waals surface area contributed by atoms with E-state index in [1.807, 2.05) is 0 Å². The van der Waals surface area contributed by atoms with E-state index >= 15 is 0 Å². The highest BCUT2D eigenvalue weighted by Gasteiger charge is 2.31. The third-order valence-corrected chi connectivity index (χ3v) is 3.27. The summed E-state index contributed by atoms with van der Waals surface area (Å²) in [6.07, 6.45) is 2.48. The van der Waals surface area contributed by atoms with E-state index in [1.165, 1.54) is 18.4 Å². The van der Waals surface area contributed by atoms with Crippen LogP contribution in [0.4, 0.5) is 0 Å². The number of nitrogens with two attached hydrogens (primary N) is 1. The summed E-state index contributed by atoms with van der Waals surface area (Å²) in [5.41, 5.74) is 3.99. The molecule has 2 rings (SSSR count). The molecule has 1 heterocycles. The summed E-state index contributed by atoms with van der Waals surface area (Å²) >= 11 is 1.72. The lowest BCUT2D eigenvalue weighted by molar-refractivity contribution is 0.388. The molecule has 0 amide bonds. The van der Waals surface area contributed by atoms with Crippen LogP contribution >= 0.6 is 11.3 Å². The van der Waals surface area contributed by atoms with Crippen LogP contribution in [-0.4, -0.2) is 23.9 Å².